The smallest absolute Gasteiger partial charge is 0.407 e. The highest BCUT2D eigenvalue weighted by Gasteiger charge is 2.17. The molecule has 0 aliphatic rings. The summed E-state index contributed by atoms with van der Waals surface area (Å²) in [5, 5.41) is 16.1. The Hall–Kier alpha value is -1.95. The van der Waals surface area contributed by atoms with Crippen LogP contribution in [0.2, 0.25) is 0 Å². The van der Waals surface area contributed by atoms with Gasteiger partial charge in [0.2, 0.25) is 0 Å². The standard InChI is InChI=1S/C17H28N2O4/c1-6-22-14-9-7-8-13(15(14)20)11-18-10-12(2)19-16(21)23-17(3,4)5/h7-9,12,18,20H,6,10-11H2,1-5H3,(H,19,21). The summed E-state index contributed by atoms with van der Waals surface area (Å²) in [4.78, 5) is 11.7. The van der Waals surface area contributed by atoms with Crippen molar-refractivity contribution in [2.45, 2.75) is 52.8 Å². The van der Waals surface area contributed by atoms with Gasteiger partial charge in [-0.1, -0.05) is 12.1 Å². The molecule has 0 aliphatic carbocycles. The van der Waals surface area contributed by atoms with Gasteiger partial charge in [0.15, 0.2) is 11.5 Å². The van der Waals surface area contributed by atoms with Gasteiger partial charge >= 0.3 is 6.09 Å². The molecular formula is C17H28N2O4. The fourth-order valence-corrected chi connectivity index (χ4v) is 1.97. The summed E-state index contributed by atoms with van der Waals surface area (Å²) in [5.41, 5.74) is 0.239. The van der Waals surface area contributed by atoms with Gasteiger partial charge in [-0.3, -0.25) is 0 Å². The lowest BCUT2D eigenvalue weighted by atomic mass is 10.2. The summed E-state index contributed by atoms with van der Waals surface area (Å²) in [6, 6.07) is 5.30. The summed E-state index contributed by atoms with van der Waals surface area (Å²) < 4.78 is 10.6. The molecule has 1 aromatic rings. The second-order valence-corrected chi connectivity index (χ2v) is 6.38. The van der Waals surface area contributed by atoms with Gasteiger partial charge in [-0.25, -0.2) is 4.79 Å². The SMILES string of the molecule is CCOc1cccc(CNCC(C)NC(=O)OC(C)(C)C)c1O. The molecule has 1 unspecified atom stereocenters. The fraction of sp³-hybridized carbons (Fsp3) is 0.588. The number of rotatable bonds is 7. The number of carbonyl (C=O) groups is 1. The van der Waals surface area contributed by atoms with Crippen molar-refractivity contribution in [1.82, 2.24) is 10.6 Å². The molecule has 0 aromatic heterocycles. The number of alkyl carbamates (subject to hydrolysis) is 1. The maximum absolute atomic E-state index is 11.7. The molecule has 0 saturated carbocycles. The van der Waals surface area contributed by atoms with Gasteiger partial charge in [0, 0.05) is 24.7 Å². The number of phenols is 1. The predicted octanol–water partition coefficient (Wildman–Crippen LogP) is 2.79. The lowest BCUT2D eigenvalue weighted by molar-refractivity contribution is 0.0508. The molecule has 0 saturated heterocycles. The lowest BCUT2D eigenvalue weighted by Gasteiger charge is -2.22. The van der Waals surface area contributed by atoms with Crippen LogP contribution in [0.25, 0.3) is 0 Å². The first-order valence-electron chi connectivity index (χ1n) is 7.86. The van der Waals surface area contributed by atoms with E-state index in [0.29, 0.717) is 25.4 Å². The Kier molecular flexibility index (Phi) is 7.16. The Morgan fingerprint density at radius 1 is 1.35 bits per heavy atom. The van der Waals surface area contributed by atoms with Gasteiger partial charge in [-0.05, 0) is 40.7 Å². The Labute approximate surface area is 138 Å². The molecule has 0 bridgehead atoms. The van der Waals surface area contributed by atoms with Crippen LogP contribution in [0, 0.1) is 0 Å². The average Bonchev–Trinajstić information content (AvgIpc) is 2.40. The van der Waals surface area contributed by atoms with Crippen LogP contribution >= 0.6 is 0 Å². The van der Waals surface area contributed by atoms with E-state index in [1.165, 1.54) is 0 Å². The van der Waals surface area contributed by atoms with E-state index in [-0.39, 0.29) is 11.8 Å². The van der Waals surface area contributed by atoms with E-state index in [4.69, 9.17) is 9.47 Å². The number of para-hydroxylation sites is 1. The quantitative estimate of drug-likeness (QED) is 0.719. The van der Waals surface area contributed by atoms with Crippen LogP contribution in [-0.2, 0) is 11.3 Å². The second-order valence-electron chi connectivity index (χ2n) is 6.38. The molecule has 6 heteroatoms. The summed E-state index contributed by atoms with van der Waals surface area (Å²) >= 11 is 0. The fourth-order valence-electron chi connectivity index (χ4n) is 1.97. The van der Waals surface area contributed by atoms with Crippen molar-refractivity contribution in [3.05, 3.63) is 23.8 Å². The largest absolute Gasteiger partial charge is 0.504 e. The van der Waals surface area contributed by atoms with Crippen molar-refractivity contribution >= 4 is 6.09 Å². The van der Waals surface area contributed by atoms with Crippen LogP contribution in [0.3, 0.4) is 0 Å². The van der Waals surface area contributed by atoms with Crippen LogP contribution in [0.15, 0.2) is 18.2 Å². The molecule has 0 heterocycles. The summed E-state index contributed by atoms with van der Waals surface area (Å²) in [6.45, 7) is 10.8. The zero-order chi connectivity index (χ0) is 17.5. The number of phenolic OH excluding ortho intramolecular Hbond substituents is 1. The van der Waals surface area contributed by atoms with Gasteiger partial charge < -0.3 is 25.2 Å². The van der Waals surface area contributed by atoms with Gasteiger partial charge in [-0.15, -0.1) is 0 Å². The van der Waals surface area contributed by atoms with E-state index in [1.54, 1.807) is 6.07 Å². The zero-order valence-corrected chi connectivity index (χ0v) is 14.6. The number of hydrogen-bond donors (Lipinski definition) is 3. The monoisotopic (exact) mass is 324 g/mol. The van der Waals surface area contributed by atoms with Crippen molar-refractivity contribution in [3.63, 3.8) is 0 Å². The normalized spacial score (nSPS) is 12.6. The highest BCUT2D eigenvalue weighted by molar-refractivity contribution is 5.68. The number of nitrogens with one attached hydrogen (secondary N) is 2. The molecule has 0 spiro atoms. The van der Waals surface area contributed by atoms with E-state index in [9.17, 15) is 9.90 Å². The first-order valence-corrected chi connectivity index (χ1v) is 7.86. The molecule has 0 radical (unpaired) electrons. The molecular weight excluding hydrogens is 296 g/mol. The average molecular weight is 324 g/mol. The molecule has 1 rings (SSSR count). The van der Waals surface area contributed by atoms with Crippen LogP contribution < -0.4 is 15.4 Å². The minimum Gasteiger partial charge on any atom is -0.504 e. The Morgan fingerprint density at radius 3 is 2.65 bits per heavy atom. The topological polar surface area (TPSA) is 79.8 Å². The van der Waals surface area contributed by atoms with E-state index in [1.807, 2.05) is 46.8 Å². The van der Waals surface area contributed by atoms with Gasteiger partial charge in [0.05, 0.1) is 6.61 Å². The summed E-state index contributed by atoms with van der Waals surface area (Å²) in [6.07, 6.45) is -0.437. The molecule has 3 N–H and O–H groups in total. The van der Waals surface area contributed by atoms with Crippen molar-refractivity contribution < 1.29 is 19.4 Å². The molecule has 1 aromatic carbocycles. The maximum atomic E-state index is 11.7. The van der Waals surface area contributed by atoms with Crippen LogP contribution in [-0.4, -0.2) is 36.0 Å². The van der Waals surface area contributed by atoms with Gasteiger partial charge in [-0.2, -0.15) is 0 Å². The number of carbonyl (C=O) groups excluding carboxylic acids is 1. The van der Waals surface area contributed by atoms with Gasteiger partial charge in [0.1, 0.15) is 5.60 Å². The predicted molar refractivity (Wildman–Crippen MR) is 89.8 cm³/mol. The molecule has 0 aliphatic heterocycles. The molecule has 130 valence electrons. The van der Waals surface area contributed by atoms with Crippen molar-refractivity contribution in [3.8, 4) is 11.5 Å². The summed E-state index contributed by atoms with van der Waals surface area (Å²) in [7, 11) is 0. The number of aromatic hydroxyl groups is 1. The molecule has 6 nitrogen and oxygen atoms in total. The molecule has 23 heavy (non-hydrogen) atoms. The van der Waals surface area contributed by atoms with E-state index < -0.39 is 11.7 Å². The Morgan fingerprint density at radius 2 is 2.04 bits per heavy atom. The third kappa shape index (κ3) is 7.23. The number of hydrogen-bond acceptors (Lipinski definition) is 5. The number of ether oxygens (including phenoxy) is 2. The Balaban J connectivity index is 2.42. The summed E-state index contributed by atoms with van der Waals surface area (Å²) in [5.74, 6) is 0.626. The van der Waals surface area contributed by atoms with Crippen LogP contribution in [0.1, 0.15) is 40.2 Å². The van der Waals surface area contributed by atoms with E-state index >= 15 is 0 Å². The molecule has 1 amide bonds. The third-order valence-electron chi connectivity index (χ3n) is 2.91. The lowest BCUT2D eigenvalue weighted by Crippen LogP contribution is -2.42. The minimum absolute atomic E-state index is 0.0953. The van der Waals surface area contributed by atoms with Crippen LogP contribution in [0.4, 0.5) is 4.79 Å². The van der Waals surface area contributed by atoms with E-state index in [2.05, 4.69) is 10.6 Å². The third-order valence-corrected chi connectivity index (χ3v) is 2.91. The number of benzene rings is 1. The highest BCUT2D eigenvalue weighted by Crippen LogP contribution is 2.29. The number of amides is 1. The first-order chi connectivity index (χ1) is 10.7. The van der Waals surface area contributed by atoms with Crippen LogP contribution in [0.5, 0.6) is 11.5 Å². The Bertz CT molecular complexity index is 512. The second kappa shape index (κ2) is 8.62. The van der Waals surface area contributed by atoms with Crippen molar-refractivity contribution in [2.75, 3.05) is 13.2 Å². The highest BCUT2D eigenvalue weighted by atomic mass is 16.6. The minimum atomic E-state index is -0.511. The maximum Gasteiger partial charge on any atom is 0.407 e. The van der Waals surface area contributed by atoms with Crippen molar-refractivity contribution in [2.24, 2.45) is 0 Å². The van der Waals surface area contributed by atoms with Gasteiger partial charge in [0.25, 0.3) is 0 Å². The van der Waals surface area contributed by atoms with E-state index in [0.717, 1.165) is 5.56 Å². The zero-order valence-electron chi connectivity index (χ0n) is 14.6. The molecule has 1 atom stereocenters. The van der Waals surface area contributed by atoms with Crippen molar-refractivity contribution in [1.29, 1.82) is 0 Å². The first kappa shape index (κ1) is 19.1. The molecule has 0 fully saturated rings.